The van der Waals surface area contributed by atoms with Crippen LogP contribution in [0.3, 0.4) is 0 Å². The maximum absolute atomic E-state index is 13.3. The van der Waals surface area contributed by atoms with E-state index >= 15 is 0 Å². The zero-order chi connectivity index (χ0) is 18.9. The standard InChI is InChI=1S/C17H15FN2O4S2/c1-24-14-5-4-12(9-13(14)20-26(2,22)23)19-17(21)16-8-10-7-11(18)3-6-15(10)25-16/h3-9,20H,1-2H3,(H,19,21). The average molecular weight is 394 g/mol. The van der Waals surface area contributed by atoms with Crippen LogP contribution in [0.5, 0.6) is 5.75 Å². The van der Waals surface area contributed by atoms with Crippen LogP contribution in [0, 0.1) is 5.82 Å². The van der Waals surface area contributed by atoms with Gasteiger partial charge >= 0.3 is 0 Å². The molecule has 0 saturated carbocycles. The van der Waals surface area contributed by atoms with Gasteiger partial charge in [0.05, 0.1) is 23.9 Å². The van der Waals surface area contributed by atoms with Crippen molar-refractivity contribution in [3.8, 4) is 5.75 Å². The Labute approximate surface area is 153 Å². The number of rotatable bonds is 5. The van der Waals surface area contributed by atoms with E-state index in [9.17, 15) is 17.6 Å². The van der Waals surface area contributed by atoms with Gasteiger partial charge in [0.15, 0.2) is 0 Å². The molecule has 0 aliphatic heterocycles. The number of ether oxygens (including phenoxy) is 1. The molecule has 0 bridgehead atoms. The lowest BCUT2D eigenvalue weighted by atomic mass is 10.2. The molecule has 0 aliphatic carbocycles. The molecule has 6 nitrogen and oxygen atoms in total. The van der Waals surface area contributed by atoms with Gasteiger partial charge in [-0.2, -0.15) is 0 Å². The number of fused-ring (bicyclic) bond motifs is 1. The van der Waals surface area contributed by atoms with Gasteiger partial charge in [0.2, 0.25) is 10.0 Å². The second kappa shape index (κ2) is 6.93. The summed E-state index contributed by atoms with van der Waals surface area (Å²) in [5.41, 5.74) is 0.608. The zero-order valence-corrected chi connectivity index (χ0v) is 15.5. The summed E-state index contributed by atoms with van der Waals surface area (Å²) in [6.45, 7) is 0. The molecule has 0 fully saturated rings. The van der Waals surface area contributed by atoms with Gasteiger partial charge in [-0.25, -0.2) is 12.8 Å². The highest BCUT2D eigenvalue weighted by Gasteiger charge is 2.14. The summed E-state index contributed by atoms with van der Waals surface area (Å²) in [5, 5.41) is 3.35. The number of thiophene rings is 1. The Bertz CT molecular complexity index is 1090. The van der Waals surface area contributed by atoms with E-state index in [-0.39, 0.29) is 17.4 Å². The Balaban J connectivity index is 1.87. The van der Waals surface area contributed by atoms with Crippen LogP contribution in [0.2, 0.25) is 0 Å². The van der Waals surface area contributed by atoms with E-state index in [1.54, 1.807) is 24.3 Å². The Kier molecular flexibility index (Phi) is 4.84. The van der Waals surface area contributed by atoms with Crippen LogP contribution >= 0.6 is 11.3 Å². The largest absolute Gasteiger partial charge is 0.495 e. The molecule has 0 aliphatic rings. The third-order valence-electron chi connectivity index (χ3n) is 3.45. The highest BCUT2D eigenvalue weighted by atomic mass is 32.2. The third-order valence-corrected chi connectivity index (χ3v) is 5.16. The molecule has 1 aromatic heterocycles. The summed E-state index contributed by atoms with van der Waals surface area (Å²) >= 11 is 1.24. The van der Waals surface area contributed by atoms with E-state index in [2.05, 4.69) is 10.0 Å². The lowest BCUT2D eigenvalue weighted by Gasteiger charge is -2.12. The maximum atomic E-state index is 13.3. The van der Waals surface area contributed by atoms with Crippen molar-refractivity contribution in [3.05, 3.63) is 53.2 Å². The van der Waals surface area contributed by atoms with Crippen molar-refractivity contribution < 1.29 is 22.3 Å². The smallest absolute Gasteiger partial charge is 0.265 e. The van der Waals surface area contributed by atoms with Crippen LogP contribution < -0.4 is 14.8 Å². The minimum atomic E-state index is -3.50. The molecular formula is C17H15FN2O4S2. The Morgan fingerprint density at radius 2 is 1.92 bits per heavy atom. The van der Waals surface area contributed by atoms with Crippen LogP contribution in [-0.4, -0.2) is 27.7 Å². The predicted molar refractivity (Wildman–Crippen MR) is 101 cm³/mol. The first-order chi connectivity index (χ1) is 12.2. The maximum Gasteiger partial charge on any atom is 0.265 e. The van der Waals surface area contributed by atoms with Crippen molar-refractivity contribution in [1.29, 1.82) is 0 Å². The molecule has 1 amide bonds. The molecule has 2 aromatic carbocycles. The van der Waals surface area contributed by atoms with E-state index in [0.717, 1.165) is 11.0 Å². The van der Waals surface area contributed by atoms with Crippen molar-refractivity contribution >= 4 is 48.7 Å². The van der Waals surface area contributed by atoms with Gasteiger partial charge in [0.1, 0.15) is 11.6 Å². The van der Waals surface area contributed by atoms with Gasteiger partial charge in [0, 0.05) is 10.4 Å². The quantitative estimate of drug-likeness (QED) is 0.691. The molecule has 3 rings (SSSR count). The molecule has 1 heterocycles. The number of halogens is 1. The van der Waals surface area contributed by atoms with E-state index in [0.29, 0.717) is 21.7 Å². The van der Waals surface area contributed by atoms with Gasteiger partial charge in [-0.05, 0) is 47.9 Å². The van der Waals surface area contributed by atoms with Crippen LogP contribution in [0.4, 0.5) is 15.8 Å². The first kappa shape index (κ1) is 18.2. The van der Waals surface area contributed by atoms with E-state index in [1.165, 1.54) is 36.6 Å². The molecule has 0 saturated heterocycles. The van der Waals surface area contributed by atoms with Crippen molar-refractivity contribution in [2.24, 2.45) is 0 Å². The molecule has 2 N–H and O–H groups in total. The number of sulfonamides is 1. The van der Waals surface area contributed by atoms with Crippen molar-refractivity contribution in [3.63, 3.8) is 0 Å². The lowest BCUT2D eigenvalue weighted by Crippen LogP contribution is -2.13. The number of hydrogen-bond acceptors (Lipinski definition) is 5. The molecule has 0 radical (unpaired) electrons. The molecule has 3 aromatic rings. The fraction of sp³-hybridized carbons (Fsp3) is 0.118. The van der Waals surface area contributed by atoms with Crippen molar-refractivity contribution in [2.45, 2.75) is 0 Å². The summed E-state index contributed by atoms with van der Waals surface area (Å²) in [7, 11) is -2.09. The number of nitrogens with one attached hydrogen (secondary N) is 2. The molecule has 26 heavy (non-hydrogen) atoms. The monoisotopic (exact) mass is 394 g/mol. The average Bonchev–Trinajstić information content (AvgIpc) is 2.97. The number of amides is 1. The number of carbonyl (C=O) groups is 1. The first-order valence-corrected chi connectivity index (χ1v) is 10.1. The second-order valence-electron chi connectivity index (χ2n) is 5.54. The van der Waals surface area contributed by atoms with Gasteiger partial charge in [-0.1, -0.05) is 0 Å². The van der Waals surface area contributed by atoms with Gasteiger partial charge in [-0.3, -0.25) is 9.52 Å². The topological polar surface area (TPSA) is 84.5 Å². The fourth-order valence-electron chi connectivity index (χ4n) is 2.38. The van der Waals surface area contributed by atoms with Crippen LogP contribution in [-0.2, 0) is 10.0 Å². The summed E-state index contributed by atoms with van der Waals surface area (Å²) < 4.78 is 44.5. The van der Waals surface area contributed by atoms with Gasteiger partial charge < -0.3 is 10.1 Å². The summed E-state index contributed by atoms with van der Waals surface area (Å²) in [5.74, 6) is -0.415. The Hall–Kier alpha value is -2.65. The van der Waals surface area contributed by atoms with Crippen LogP contribution in [0.1, 0.15) is 9.67 Å². The highest BCUT2D eigenvalue weighted by Crippen LogP contribution is 2.30. The molecule has 0 unspecified atom stereocenters. The molecule has 0 spiro atoms. The fourth-order valence-corrected chi connectivity index (χ4v) is 3.88. The van der Waals surface area contributed by atoms with Gasteiger partial charge in [0.25, 0.3) is 5.91 Å². The SMILES string of the molecule is COc1ccc(NC(=O)c2cc3cc(F)ccc3s2)cc1NS(C)(=O)=O. The Morgan fingerprint density at radius 3 is 2.62 bits per heavy atom. The van der Waals surface area contributed by atoms with E-state index in [4.69, 9.17) is 4.74 Å². The Morgan fingerprint density at radius 1 is 1.15 bits per heavy atom. The minimum absolute atomic E-state index is 0.214. The third kappa shape index (κ3) is 4.12. The predicted octanol–water partition coefficient (Wildman–Crippen LogP) is 3.67. The molecule has 9 heteroatoms. The van der Waals surface area contributed by atoms with Crippen LogP contribution in [0.15, 0.2) is 42.5 Å². The lowest BCUT2D eigenvalue weighted by molar-refractivity contribution is 0.103. The van der Waals surface area contributed by atoms with Crippen molar-refractivity contribution in [1.82, 2.24) is 0 Å². The van der Waals surface area contributed by atoms with Crippen molar-refractivity contribution in [2.75, 3.05) is 23.4 Å². The van der Waals surface area contributed by atoms with Gasteiger partial charge in [-0.15, -0.1) is 11.3 Å². The molecule has 0 atom stereocenters. The molecular weight excluding hydrogens is 379 g/mol. The summed E-state index contributed by atoms with van der Waals surface area (Å²) in [6, 6.07) is 10.5. The number of benzene rings is 2. The normalized spacial score (nSPS) is 11.3. The summed E-state index contributed by atoms with van der Waals surface area (Å²) in [4.78, 5) is 12.9. The number of anilines is 2. The number of carbonyl (C=O) groups excluding carboxylic acids is 1. The molecule has 136 valence electrons. The van der Waals surface area contributed by atoms with E-state index in [1.807, 2.05) is 0 Å². The zero-order valence-electron chi connectivity index (χ0n) is 13.9. The first-order valence-electron chi connectivity index (χ1n) is 7.41. The number of methoxy groups -OCH3 is 1. The van der Waals surface area contributed by atoms with E-state index < -0.39 is 10.0 Å². The van der Waals surface area contributed by atoms with Crippen LogP contribution in [0.25, 0.3) is 10.1 Å². The minimum Gasteiger partial charge on any atom is -0.495 e. The highest BCUT2D eigenvalue weighted by molar-refractivity contribution is 7.92. The second-order valence-corrected chi connectivity index (χ2v) is 8.37. The number of hydrogen-bond donors (Lipinski definition) is 2. The summed E-state index contributed by atoms with van der Waals surface area (Å²) in [6.07, 6.45) is 1.02.